The van der Waals surface area contributed by atoms with Crippen molar-refractivity contribution < 1.29 is 0 Å². The van der Waals surface area contributed by atoms with Gasteiger partial charge in [0.15, 0.2) is 0 Å². The molecular formula is C21H40ClN3O. The lowest BCUT2D eigenvalue weighted by Gasteiger charge is -2.18. The van der Waals surface area contributed by atoms with Crippen molar-refractivity contribution in [2.75, 3.05) is 0 Å². The molecule has 152 valence electrons. The minimum absolute atomic E-state index is 0.281. The van der Waals surface area contributed by atoms with Gasteiger partial charge in [-0.2, -0.15) is 4.98 Å². The topological polar surface area (TPSA) is 50.7 Å². The maximum atomic E-state index is 11.5. The first-order chi connectivity index (χ1) is 12.7. The lowest BCUT2D eigenvalue weighted by molar-refractivity contribution is 0.365. The van der Waals surface area contributed by atoms with Gasteiger partial charge < -0.3 is 0 Å². The number of hydrogen-bond donors (Lipinski definition) is 1. The number of rotatable bonds is 17. The van der Waals surface area contributed by atoms with Gasteiger partial charge in [-0.05, 0) is 24.4 Å². The van der Waals surface area contributed by atoms with Crippen LogP contribution in [0.4, 0.5) is 0 Å². The van der Waals surface area contributed by atoms with Crippen LogP contribution in [0, 0.1) is 0 Å². The number of aromatic amines is 1. The lowest BCUT2D eigenvalue weighted by Crippen LogP contribution is -2.14. The molecular weight excluding hydrogens is 346 g/mol. The molecule has 0 saturated carbocycles. The third-order valence-electron chi connectivity index (χ3n) is 5.26. The van der Waals surface area contributed by atoms with Gasteiger partial charge in [-0.1, -0.05) is 104 Å². The molecule has 0 spiro atoms. The second kappa shape index (κ2) is 15.3. The molecule has 0 aromatic carbocycles. The molecule has 4 nitrogen and oxygen atoms in total. The van der Waals surface area contributed by atoms with Crippen molar-refractivity contribution in [3.05, 3.63) is 15.8 Å². The molecule has 0 saturated heterocycles. The summed E-state index contributed by atoms with van der Waals surface area (Å²) in [5, 5.41) is 3.11. The van der Waals surface area contributed by atoms with E-state index in [9.17, 15) is 4.79 Å². The van der Waals surface area contributed by atoms with Crippen LogP contribution >= 0.6 is 11.6 Å². The Hall–Kier alpha value is -0.770. The standard InChI is InChI=1S/C21H40ClN3O/c1-3-5-7-9-11-13-15-17-19(25-20(22)23-21(26)24-25)18-16-14-12-10-8-6-4-2/h19H,3-18H2,1-2H3,(H,24,26). The van der Waals surface area contributed by atoms with Gasteiger partial charge in [-0.3, -0.25) is 4.68 Å². The van der Waals surface area contributed by atoms with Gasteiger partial charge >= 0.3 is 5.69 Å². The minimum atomic E-state index is -0.334. The Balaban J connectivity index is 2.33. The third kappa shape index (κ3) is 10.4. The van der Waals surface area contributed by atoms with Crippen molar-refractivity contribution in [1.29, 1.82) is 0 Å². The van der Waals surface area contributed by atoms with Gasteiger partial charge in [0.05, 0.1) is 6.04 Å². The summed E-state index contributed by atoms with van der Waals surface area (Å²) in [5.41, 5.74) is -0.334. The predicted molar refractivity (Wildman–Crippen MR) is 112 cm³/mol. The number of halogens is 1. The summed E-state index contributed by atoms with van der Waals surface area (Å²) in [4.78, 5) is 15.3. The van der Waals surface area contributed by atoms with Gasteiger partial charge in [-0.15, -0.1) is 0 Å². The van der Waals surface area contributed by atoms with Gasteiger partial charge in [0.2, 0.25) is 5.28 Å². The molecule has 1 aromatic heterocycles. The number of unbranched alkanes of at least 4 members (excludes halogenated alkanes) is 12. The molecule has 1 aromatic rings. The predicted octanol–water partition coefficient (Wildman–Crippen LogP) is 7.05. The Kier molecular flexibility index (Phi) is 13.7. The summed E-state index contributed by atoms with van der Waals surface area (Å²) < 4.78 is 1.80. The van der Waals surface area contributed by atoms with E-state index >= 15 is 0 Å². The van der Waals surface area contributed by atoms with Crippen LogP contribution in [0.2, 0.25) is 5.28 Å². The van der Waals surface area contributed by atoms with E-state index in [1.807, 2.05) is 0 Å². The molecule has 0 amide bonds. The van der Waals surface area contributed by atoms with Crippen molar-refractivity contribution in [3.63, 3.8) is 0 Å². The summed E-state index contributed by atoms with van der Waals surface area (Å²) in [5.74, 6) is 0. The van der Waals surface area contributed by atoms with Crippen molar-refractivity contribution in [1.82, 2.24) is 14.8 Å². The largest absolute Gasteiger partial charge is 0.362 e. The molecule has 0 bridgehead atoms. The Bertz CT molecular complexity index is 480. The van der Waals surface area contributed by atoms with Crippen LogP contribution in [0.15, 0.2) is 4.79 Å². The fourth-order valence-corrected chi connectivity index (χ4v) is 3.89. The first kappa shape index (κ1) is 23.3. The average molecular weight is 386 g/mol. The summed E-state index contributed by atoms with van der Waals surface area (Å²) >= 11 is 6.16. The monoisotopic (exact) mass is 385 g/mol. The normalized spacial score (nSPS) is 11.5. The van der Waals surface area contributed by atoms with Gasteiger partial charge in [-0.25, -0.2) is 9.89 Å². The number of nitrogens with one attached hydrogen (secondary N) is 1. The van der Waals surface area contributed by atoms with E-state index < -0.39 is 0 Å². The van der Waals surface area contributed by atoms with E-state index in [0.29, 0.717) is 5.28 Å². The summed E-state index contributed by atoms with van der Waals surface area (Å²) in [6.07, 6.45) is 20.5. The van der Waals surface area contributed by atoms with Crippen molar-refractivity contribution >= 4 is 11.6 Å². The maximum absolute atomic E-state index is 11.5. The van der Waals surface area contributed by atoms with E-state index in [1.165, 1.54) is 89.9 Å². The highest BCUT2D eigenvalue weighted by molar-refractivity contribution is 6.28. The van der Waals surface area contributed by atoms with Crippen LogP contribution < -0.4 is 5.69 Å². The van der Waals surface area contributed by atoms with Crippen molar-refractivity contribution in [3.8, 4) is 0 Å². The molecule has 0 aliphatic carbocycles. The Morgan fingerprint density at radius 1 is 0.808 bits per heavy atom. The third-order valence-corrected chi connectivity index (χ3v) is 5.52. The highest BCUT2D eigenvalue weighted by Gasteiger charge is 2.15. The number of aromatic nitrogens is 3. The average Bonchev–Trinajstić information content (AvgIpc) is 2.96. The molecule has 1 heterocycles. The molecule has 0 atom stereocenters. The second-order valence-corrected chi connectivity index (χ2v) is 7.98. The lowest BCUT2D eigenvalue weighted by atomic mass is 10.00. The van der Waals surface area contributed by atoms with E-state index in [0.717, 1.165) is 12.8 Å². The first-order valence-electron chi connectivity index (χ1n) is 11.0. The summed E-state index contributed by atoms with van der Waals surface area (Å²) in [6, 6.07) is 0.281. The van der Waals surface area contributed by atoms with Crippen LogP contribution in [-0.4, -0.2) is 14.8 Å². The number of hydrogen-bond acceptors (Lipinski definition) is 2. The molecule has 26 heavy (non-hydrogen) atoms. The number of H-pyrrole nitrogens is 1. The van der Waals surface area contributed by atoms with Crippen LogP contribution in [0.5, 0.6) is 0 Å². The number of nitrogens with zero attached hydrogens (tertiary/aromatic N) is 2. The van der Waals surface area contributed by atoms with Crippen molar-refractivity contribution in [2.45, 2.75) is 123 Å². The fraction of sp³-hybridized carbons (Fsp3) is 0.905. The van der Waals surface area contributed by atoms with Crippen molar-refractivity contribution in [2.24, 2.45) is 0 Å². The van der Waals surface area contributed by atoms with Crippen LogP contribution in [0.3, 0.4) is 0 Å². The van der Waals surface area contributed by atoms with E-state index in [-0.39, 0.29) is 11.7 Å². The second-order valence-electron chi connectivity index (χ2n) is 7.64. The van der Waals surface area contributed by atoms with Crippen LogP contribution in [0.1, 0.15) is 123 Å². The molecule has 0 aliphatic heterocycles. The van der Waals surface area contributed by atoms with Gasteiger partial charge in [0.25, 0.3) is 0 Å². The van der Waals surface area contributed by atoms with Gasteiger partial charge in [0, 0.05) is 0 Å². The van der Waals surface area contributed by atoms with E-state index in [4.69, 9.17) is 11.6 Å². The summed E-state index contributed by atoms with van der Waals surface area (Å²) in [7, 11) is 0. The molecule has 0 unspecified atom stereocenters. The van der Waals surface area contributed by atoms with E-state index in [2.05, 4.69) is 23.9 Å². The molecule has 5 heteroatoms. The molecule has 0 aliphatic rings. The zero-order valence-electron chi connectivity index (χ0n) is 17.1. The van der Waals surface area contributed by atoms with E-state index in [1.54, 1.807) is 4.68 Å². The molecule has 1 rings (SSSR count). The molecule has 0 fully saturated rings. The smallest absolute Gasteiger partial charge is 0.254 e. The maximum Gasteiger partial charge on any atom is 0.362 e. The Morgan fingerprint density at radius 3 is 1.62 bits per heavy atom. The fourth-order valence-electron chi connectivity index (χ4n) is 3.63. The SMILES string of the molecule is CCCCCCCCCC(CCCCCCCCC)n1[nH]c(=O)nc1Cl. The Morgan fingerprint density at radius 2 is 1.23 bits per heavy atom. The first-order valence-corrected chi connectivity index (χ1v) is 11.4. The van der Waals surface area contributed by atoms with Gasteiger partial charge in [0.1, 0.15) is 0 Å². The van der Waals surface area contributed by atoms with Crippen LogP contribution in [0.25, 0.3) is 0 Å². The molecule has 1 N–H and O–H groups in total. The highest BCUT2D eigenvalue weighted by Crippen LogP contribution is 2.25. The minimum Gasteiger partial charge on any atom is -0.254 e. The molecule has 0 radical (unpaired) electrons. The summed E-state index contributed by atoms with van der Waals surface area (Å²) in [6.45, 7) is 4.51. The Labute approximate surface area is 165 Å². The quantitative estimate of drug-likeness (QED) is 0.292. The highest BCUT2D eigenvalue weighted by atomic mass is 35.5. The van der Waals surface area contributed by atoms with Crippen LogP contribution in [-0.2, 0) is 0 Å². The zero-order chi connectivity index (χ0) is 19.0. The zero-order valence-corrected chi connectivity index (χ0v) is 17.8.